The molecule has 1 fully saturated rings. The molecule has 3 rings (SSSR count). The monoisotopic (exact) mass is 358 g/mol. The Kier molecular flexibility index (Phi) is 5.89. The highest BCUT2D eigenvalue weighted by molar-refractivity contribution is 6.30. The van der Waals surface area contributed by atoms with Gasteiger partial charge >= 0.3 is 6.03 Å². The summed E-state index contributed by atoms with van der Waals surface area (Å²) >= 11 is 6.01. The van der Waals surface area contributed by atoms with Crippen molar-refractivity contribution in [1.29, 1.82) is 0 Å². The standard InChI is InChI=1S/C19H23ClN4O/c1-23-11-2-12-24(14-13-23)19(25)22-18(16-7-9-21-10-8-16)15-3-5-17(20)6-4-15/h3-10,18H,2,11-14H2,1H3,(H,22,25)/t18-/m1/s1. The molecule has 0 spiro atoms. The van der Waals surface area contributed by atoms with Crippen LogP contribution in [0.4, 0.5) is 4.79 Å². The summed E-state index contributed by atoms with van der Waals surface area (Å²) in [4.78, 5) is 21.1. The highest BCUT2D eigenvalue weighted by atomic mass is 35.5. The van der Waals surface area contributed by atoms with E-state index in [1.807, 2.05) is 41.3 Å². The van der Waals surface area contributed by atoms with Crippen LogP contribution in [0.25, 0.3) is 0 Å². The molecule has 2 aromatic rings. The molecule has 1 aromatic heterocycles. The Bertz CT molecular complexity index is 692. The summed E-state index contributed by atoms with van der Waals surface area (Å²) < 4.78 is 0. The molecule has 1 N–H and O–H groups in total. The molecule has 0 aliphatic carbocycles. The highest BCUT2D eigenvalue weighted by Gasteiger charge is 2.22. The second-order valence-electron chi connectivity index (χ2n) is 6.36. The van der Waals surface area contributed by atoms with E-state index in [0.717, 1.165) is 43.7 Å². The number of hydrogen-bond donors (Lipinski definition) is 1. The molecular formula is C19H23ClN4O. The number of urea groups is 1. The van der Waals surface area contributed by atoms with E-state index in [9.17, 15) is 4.79 Å². The van der Waals surface area contributed by atoms with Crippen LogP contribution in [0.5, 0.6) is 0 Å². The first kappa shape index (κ1) is 17.7. The molecule has 25 heavy (non-hydrogen) atoms. The first-order chi connectivity index (χ1) is 12.1. The van der Waals surface area contributed by atoms with Crippen LogP contribution in [-0.2, 0) is 0 Å². The Balaban J connectivity index is 1.80. The molecule has 1 aliphatic rings. The molecule has 2 heterocycles. The van der Waals surface area contributed by atoms with Crippen LogP contribution in [-0.4, -0.2) is 54.0 Å². The van der Waals surface area contributed by atoms with Crippen molar-refractivity contribution in [2.24, 2.45) is 0 Å². The fraction of sp³-hybridized carbons (Fsp3) is 0.368. The van der Waals surface area contributed by atoms with Gasteiger partial charge in [-0.15, -0.1) is 0 Å². The van der Waals surface area contributed by atoms with Gasteiger partial charge in [0.05, 0.1) is 6.04 Å². The van der Waals surface area contributed by atoms with Crippen molar-refractivity contribution < 1.29 is 4.79 Å². The van der Waals surface area contributed by atoms with Crippen LogP contribution in [0.1, 0.15) is 23.6 Å². The fourth-order valence-corrected chi connectivity index (χ4v) is 3.16. The number of hydrogen-bond acceptors (Lipinski definition) is 3. The van der Waals surface area contributed by atoms with Gasteiger partial charge in [-0.05, 0) is 55.4 Å². The molecule has 6 heteroatoms. The maximum atomic E-state index is 12.8. The number of halogens is 1. The summed E-state index contributed by atoms with van der Waals surface area (Å²) in [5.74, 6) is 0. The van der Waals surface area contributed by atoms with Gasteiger partial charge in [0, 0.05) is 37.1 Å². The Hall–Kier alpha value is -2.11. The van der Waals surface area contributed by atoms with Crippen LogP contribution in [0.2, 0.25) is 5.02 Å². The van der Waals surface area contributed by atoms with Crippen molar-refractivity contribution in [3.8, 4) is 0 Å². The largest absolute Gasteiger partial charge is 0.327 e. The SMILES string of the molecule is CN1CCCN(C(=O)N[C@@H](c2ccncc2)c2ccc(Cl)cc2)CC1. The lowest BCUT2D eigenvalue weighted by atomic mass is 10.00. The van der Waals surface area contributed by atoms with Crippen LogP contribution in [0, 0.1) is 0 Å². The van der Waals surface area contributed by atoms with Gasteiger partial charge in [0.25, 0.3) is 0 Å². The zero-order valence-corrected chi connectivity index (χ0v) is 15.1. The van der Waals surface area contributed by atoms with Gasteiger partial charge in [0.1, 0.15) is 0 Å². The summed E-state index contributed by atoms with van der Waals surface area (Å²) in [7, 11) is 2.09. The van der Waals surface area contributed by atoms with Crippen LogP contribution < -0.4 is 5.32 Å². The van der Waals surface area contributed by atoms with Gasteiger partial charge in [0.2, 0.25) is 0 Å². The number of nitrogens with one attached hydrogen (secondary N) is 1. The minimum absolute atomic E-state index is 0.0351. The number of carbonyl (C=O) groups is 1. The van der Waals surface area contributed by atoms with E-state index in [1.54, 1.807) is 12.4 Å². The molecule has 1 aliphatic heterocycles. The molecule has 1 atom stereocenters. The number of carbonyl (C=O) groups excluding carboxylic acids is 1. The smallest absolute Gasteiger partial charge is 0.318 e. The van der Waals surface area contributed by atoms with E-state index in [0.29, 0.717) is 5.02 Å². The number of rotatable bonds is 3. The molecule has 0 bridgehead atoms. The zero-order chi connectivity index (χ0) is 17.6. The van der Waals surface area contributed by atoms with Gasteiger partial charge in [0.15, 0.2) is 0 Å². The van der Waals surface area contributed by atoms with Crippen LogP contribution >= 0.6 is 11.6 Å². The predicted octanol–water partition coefficient (Wildman–Crippen LogP) is 3.17. The van der Waals surface area contributed by atoms with Crippen LogP contribution in [0.3, 0.4) is 0 Å². The van der Waals surface area contributed by atoms with E-state index in [2.05, 4.69) is 22.2 Å². The Morgan fingerprint density at radius 1 is 1.04 bits per heavy atom. The number of nitrogens with zero attached hydrogens (tertiary/aromatic N) is 3. The topological polar surface area (TPSA) is 48.5 Å². The molecule has 0 saturated carbocycles. The highest BCUT2D eigenvalue weighted by Crippen LogP contribution is 2.23. The molecule has 5 nitrogen and oxygen atoms in total. The minimum Gasteiger partial charge on any atom is -0.327 e. The number of aromatic nitrogens is 1. The van der Waals surface area contributed by atoms with Crippen molar-refractivity contribution in [2.45, 2.75) is 12.5 Å². The van der Waals surface area contributed by atoms with Gasteiger partial charge in [-0.25, -0.2) is 4.79 Å². The molecule has 132 valence electrons. The lowest BCUT2D eigenvalue weighted by molar-refractivity contribution is 0.197. The second kappa shape index (κ2) is 8.32. The van der Waals surface area contributed by atoms with E-state index in [4.69, 9.17) is 11.6 Å². The van der Waals surface area contributed by atoms with Crippen LogP contribution in [0.15, 0.2) is 48.8 Å². The molecule has 0 radical (unpaired) electrons. The van der Waals surface area contributed by atoms with E-state index < -0.39 is 0 Å². The normalized spacial score (nSPS) is 17.0. The second-order valence-corrected chi connectivity index (χ2v) is 6.79. The summed E-state index contributed by atoms with van der Waals surface area (Å²) in [6.07, 6.45) is 4.47. The maximum absolute atomic E-state index is 12.8. The van der Waals surface area contributed by atoms with Gasteiger partial charge in [-0.2, -0.15) is 0 Å². The van der Waals surface area contributed by atoms with Crippen molar-refractivity contribution in [1.82, 2.24) is 20.1 Å². The molecule has 1 aromatic carbocycles. The van der Waals surface area contributed by atoms with E-state index >= 15 is 0 Å². The average molecular weight is 359 g/mol. The summed E-state index contributed by atoms with van der Waals surface area (Å²) in [6.45, 7) is 3.44. The summed E-state index contributed by atoms with van der Waals surface area (Å²) in [5, 5.41) is 3.86. The number of pyridine rings is 1. The number of amides is 2. The Morgan fingerprint density at radius 3 is 2.44 bits per heavy atom. The van der Waals surface area contributed by atoms with E-state index in [-0.39, 0.29) is 12.1 Å². The third-order valence-corrected chi connectivity index (χ3v) is 4.77. The maximum Gasteiger partial charge on any atom is 0.318 e. The van der Waals surface area contributed by atoms with E-state index in [1.165, 1.54) is 0 Å². The zero-order valence-electron chi connectivity index (χ0n) is 14.4. The molecule has 2 amide bonds. The van der Waals surface area contributed by atoms with Crippen molar-refractivity contribution >= 4 is 17.6 Å². The molecule has 1 saturated heterocycles. The van der Waals surface area contributed by atoms with Gasteiger partial charge in [-0.3, -0.25) is 4.98 Å². The minimum atomic E-state index is -0.228. The first-order valence-electron chi connectivity index (χ1n) is 8.53. The fourth-order valence-electron chi connectivity index (χ4n) is 3.03. The molecule has 0 unspecified atom stereocenters. The average Bonchev–Trinajstić information content (AvgIpc) is 2.86. The van der Waals surface area contributed by atoms with Crippen molar-refractivity contribution in [3.05, 3.63) is 64.9 Å². The molecular weight excluding hydrogens is 336 g/mol. The Labute approximate surface area is 153 Å². The number of likely N-dealkylation sites (N-methyl/N-ethyl adjacent to an activating group) is 1. The predicted molar refractivity (Wildman–Crippen MR) is 99.8 cm³/mol. The summed E-state index contributed by atoms with van der Waals surface area (Å²) in [5.41, 5.74) is 1.99. The van der Waals surface area contributed by atoms with Crippen molar-refractivity contribution in [2.75, 3.05) is 33.2 Å². The summed E-state index contributed by atoms with van der Waals surface area (Å²) in [6, 6.07) is 11.2. The van der Waals surface area contributed by atoms with Gasteiger partial charge < -0.3 is 15.1 Å². The third-order valence-electron chi connectivity index (χ3n) is 4.52. The number of benzene rings is 1. The Morgan fingerprint density at radius 2 is 1.72 bits per heavy atom. The lowest BCUT2D eigenvalue weighted by Crippen LogP contribution is -2.43. The van der Waals surface area contributed by atoms with Gasteiger partial charge in [-0.1, -0.05) is 23.7 Å². The first-order valence-corrected chi connectivity index (χ1v) is 8.90. The quantitative estimate of drug-likeness (QED) is 0.916. The third kappa shape index (κ3) is 4.71. The van der Waals surface area contributed by atoms with Crippen molar-refractivity contribution in [3.63, 3.8) is 0 Å². The lowest BCUT2D eigenvalue weighted by Gasteiger charge is -2.26.